The maximum atomic E-state index is 8.89. The highest BCUT2D eigenvalue weighted by Crippen LogP contribution is 2.26. The molecule has 1 N–H and O–H groups in total. The van der Waals surface area contributed by atoms with Gasteiger partial charge in [0.05, 0.1) is 6.20 Å². The molecule has 3 heteroatoms. The van der Waals surface area contributed by atoms with Gasteiger partial charge in [-0.1, -0.05) is 43.5 Å². The smallest absolute Gasteiger partial charge is 0.0568 e. The zero-order valence-corrected chi connectivity index (χ0v) is 13.2. The Morgan fingerprint density at radius 3 is 2.55 bits per heavy atom. The zero-order chi connectivity index (χ0) is 15.2. The molecule has 0 bridgehead atoms. The topological polar surface area (TPSA) is 38.1 Å². The Morgan fingerprint density at radius 1 is 1.05 bits per heavy atom. The van der Waals surface area contributed by atoms with Crippen LogP contribution in [-0.4, -0.2) is 21.5 Å². The number of aliphatic hydroxyl groups excluding tert-OH is 1. The highest BCUT2D eigenvalue weighted by atomic mass is 16.2. The summed E-state index contributed by atoms with van der Waals surface area (Å²) in [6.45, 7) is 1.32. The minimum atomic E-state index is 0.260. The van der Waals surface area contributed by atoms with Crippen LogP contribution in [0, 0.1) is 5.92 Å². The molecule has 1 aromatic carbocycles. The van der Waals surface area contributed by atoms with Gasteiger partial charge >= 0.3 is 0 Å². The van der Waals surface area contributed by atoms with Crippen LogP contribution in [0.5, 0.6) is 0 Å². The molecule has 1 aliphatic rings. The monoisotopic (exact) mass is 298 g/mol. The first-order chi connectivity index (χ1) is 10.8. The van der Waals surface area contributed by atoms with Crippen LogP contribution in [0.25, 0.3) is 11.1 Å². The number of aromatic nitrogens is 2. The van der Waals surface area contributed by atoms with Crippen LogP contribution in [0.1, 0.15) is 44.1 Å². The molecule has 0 aliphatic heterocycles. The van der Waals surface area contributed by atoms with Gasteiger partial charge in [-0.3, -0.25) is 4.68 Å². The Labute approximate surface area is 133 Å². The van der Waals surface area contributed by atoms with Gasteiger partial charge in [0.25, 0.3) is 0 Å². The van der Waals surface area contributed by atoms with E-state index in [0.717, 1.165) is 25.3 Å². The Morgan fingerprint density at radius 2 is 1.82 bits per heavy atom. The average Bonchev–Trinajstić information content (AvgIpc) is 3.03. The van der Waals surface area contributed by atoms with E-state index in [0.29, 0.717) is 0 Å². The molecule has 1 fully saturated rings. The highest BCUT2D eigenvalue weighted by Gasteiger charge is 2.14. The maximum Gasteiger partial charge on any atom is 0.0568 e. The third-order valence-corrected chi connectivity index (χ3v) is 4.71. The van der Waals surface area contributed by atoms with E-state index in [9.17, 15) is 0 Å². The van der Waals surface area contributed by atoms with E-state index >= 15 is 0 Å². The molecular formula is C19H26N2O. The lowest BCUT2D eigenvalue weighted by Crippen LogP contribution is -2.14. The quantitative estimate of drug-likeness (QED) is 0.873. The molecule has 2 aromatic rings. The second kappa shape index (κ2) is 7.59. The molecule has 0 saturated heterocycles. The van der Waals surface area contributed by atoms with Crippen molar-refractivity contribution in [2.24, 2.45) is 5.92 Å². The summed E-state index contributed by atoms with van der Waals surface area (Å²) in [7, 11) is 0. The van der Waals surface area contributed by atoms with E-state index in [1.807, 2.05) is 6.20 Å². The van der Waals surface area contributed by atoms with Gasteiger partial charge in [-0.05, 0) is 42.7 Å². The van der Waals surface area contributed by atoms with E-state index in [2.05, 4.69) is 40.2 Å². The summed E-state index contributed by atoms with van der Waals surface area (Å²) in [6.07, 6.45) is 12.8. The van der Waals surface area contributed by atoms with Crippen molar-refractivity contribution in [1.82, 2.24) is 9.78 Å². The predicted octanol–water partition coefficient (Wildman–Crippen LogP) is 4.06. The van der Waals surface area contributed by atoms with E-state index < -0.39 is 0 Å². The average molecular weight is 298 g/mol. The number of aliphatic hydroxyl groups is 1. The highest BCUT2D eigenvalue weighted by molar-refractivity contribution is 5.61. The van der Waals surface area contributed by atoms with Crippen LogP contribution in [0.3, 0.4) is 0 Å². The van der Waals surface area contributed by atoms with Crippen molar-refractivity contribution in [2.75, 3.05) is 6.61 Å². The van der Waals surface area contributed by atoms with Crippen LogP contribution >= 0.6 is 0 Å². The second-order valence-electron chi connectivity index (χ2n) is 6.48. The third-order valence-electron chi connectivity index (χ3n) is 4.71. The number of rotatable bonds is 6. The predicted molar refractivity (Wildman–Crippen MR) is 89.6 cm³/mol. The summed E-state index contributed by atoms with van der Waals surface area (Å²) < 4.78 is 2.12. The molecule has 0 unspecified atom stereocenters. The van der Waals surface area contributed by atoms with Crippen molar-refractivity contribution in [1.29, 1.82) is 0 Å². The summed E-state index contributed by atoms with van der Waals surface area (Å²) in [4.78, 5) is 0. The Hall–Kier alpha value is -1.61. The van der Waals surface area contributed by atoms with Crippen LogP contribution in [-0.2, 0) is 13.0 Å². The van der Waals surface area contributed by atoms with Crippen molar-refractivity contribution in [3.63, 3.8) is 0 Å². The number of nitrogens with zero attached hydrogens (tertiary/aromatic N) is 2. The van der Waals surface area contributed by atoms with E-state index in [1.54, 1.807) is 0 Å². The summed E-state index contributed by atoms with van der Waals surface area (Å²) in [6, 6.07) is 8.64. The van der Waals surface area contributed by atoms with Crippen molar-refractivity contribution in [3.05, 3.63) is 42.2 Å². The molecule has 0 spiro atoms. The molecule has 3 nitrogen and oxygen atoms in total. The van der Waals surface area contributed by atoms with Gasteiger partial charge in [-0.2, -0.15) is 5.10 Å². The number of hydrogen-bond acceptors (Lipinski definition) is 2. The second-order valence-corrected chi connectivity index (χ2v) is 6.48. The molecule has 1 aliphatic carbocycles. The fourth-order valence-corrected chi connectivity index (χ4v) is 3.39. The third kappa shape index (κ3) is 3.98. The van der Waals surface area contributed by atoms with Crippen molar-refractivity contribution < 1.29 is 5.11 Å². The van der Waals surface area contributed by atoms with Gasteiger partial charge in [0, 0.05) is 24.9 Å². The Bertz CT molecular complexity index is 567. The van der Waals surface area contributed by atoms with Crippen LogP contribution in [0.15, 0.2) is 36.7 Å². The first-order valence-corrected chi connectivity index (χ1v) is 8.58. The standard InChI is InChI=1S/C19H26N2O/c22-12-4-7-16-8-10-18(11-9-16)19-13-20-21(15-19)14-17-5-2-1-3-6-17/h8-11,13,15,17,22H,1-7,12,14H2. The van der Waals surface area contributed by atoms with E-state index in [-0.39, 0.29) is 6.61 Å². The normalized spacial score (nSPS) is 16.0. The first-order valence-electron chi connectivity index (χ1n) is 8.58. The molecule has 1 saturated carbocycles. The number of hydrogen-bond donors (Lipinski definition) is 1. The summed E-state index contributed by atoms with van der Waals surface area (Å²) >= 11 is 0. The van der Waals surface area contributed by atoms with Crippen molar-refractivity contribution >= 4 is 0 Å². The molecule has 0 radical (unpaired) electrons. The van der Waals surface area contributed by atoms with Crippen molar-refractivity contribution in [2.45, 2.75) is 51.5 Å². The minimum Gasteiger partial charge on any atom is -0.396 e. The molecule has 1 heterocycles. The SMILES string of the molecule is OCCCc1ccc(-c2cnn(CC3CCCCC3)c2)cc1. The first kappa shape index (κ1) is 15.3. The fourth-order valence-electron chi connectivity index (χ4n) is 3.39. The lowest BCUT2D eigenvalue weighted by Gasteiger charge is -2.21. The summed E-state index contributed by atoms with van der Waals surface area (Å²) in [5.74, 6) is 0.808. The van der Waals surface area contributed by atoms with Crippen LogP contribution in [0.4, 0.5) is 0 Å². The molecule has 3 rings (SSSR count). The minimum absolute atomic E-state index is 0.260. The summed E-state index contributed by atoms with van der Waals surface area (Å²) in [5.41, 5.74) is 3.71. The van der Waals surface area contributed by atoms with Gasteiger partial charge in [0.2, 0.25) is 0 Å². The molecule has 0 atom stereocenters. The van der Waals surface area contributed by atoms with Gasteiger partial charge < -0.3 is 5.11 Å². The van der Waals surface area contributed by atoms with E-state index in [4.69, 9.17) is 5.11 Å². The number of benzene rings is 1. The van der Waals surface area contributed by atoms with Crippen molar-refractivity contribution in [3.8, 4) is 11.1 Å². The molecular weight excluding hydrogens is 272 g/mol. The lowest BCUT2D eigenvalue weighted by molar-refractivity contribution is 0.288. The Balaban J connectivity index is 1.62. The molecule has 0 amide bonds. The van der Waals surface area contributed by atoms with Gasteiger partial charge in [-0.15, -0.1) is 0 Å². The van der Waals surface area contributed by atoms with Crippen LogP contribution < -0.4 is 0 Å². The van der Waals surface area contributed by atoms with Gasteiger partial charge in [-0.25, -0.2) is 0 Å². The largest absolute Gasteiger partial charge is 0.396 e. The Kier molecular flexibility index (Phi) is 5.28. The van der Waals surface area contributed by atoms with Gasteiger partial charge in [0.15, 0.2) is 0 Å². The zero-order valence-electron chi connectivity index (χ0n) is 13.2. The number of aryl methyl sites for hydroxylation is 1. The fraction of sp³-hybridized carbons (Fsp3) is 0.526. The van der Waals surface area contributed by atoms with E-state index in [1.165, 1.54) is 48.8 Å². The van der Waals surface area contributed by atoms with Gasteiger partial charge in [0.1, 0.15) is 0 Å². The molecule has 118 valence electrons. The lowest BCUT2D eigenvalue weighted by atomic mass is 9.89. The molecule has 22 heavy (non-hydrogen) atoms. The molecule has 1 aromatic heterocycles. The maximum absolute atomic E-state index is 8.89. The van der Waals surface area contributed by atoms with Crippen LogP contribution in [0.2, 0.25) is 0 Å². The summed E-state index contributed by atoms with van der Waals surface area (Å²) in [5, 5.41) is 13.4.